The quantitative estimate of drug-likeness (QED) is 0.525. The first-order chi connectivity index (χ1) is 12.4. The summed E-state index contributed by atoms with van der Waals surface area (Å²) in [4.78, 5) is 33.4. The lowest BCUT2D eigenvalue weighted by Crippen LogP contribution is -2.26. The summed E-state index contributed by atoms with van der Waals surface area (Å²) < 4.78 is 1.43. The maximum atomic E-state index is 12.4. The summed E-state index contributed by atoms with van der Waals surface area (Å²) in [7, 11) is 1.63. The molecule has 0 aliphatic rings. The lowest BCUT2D eigenvalue weighted by Gasteiger charge is -2.14. The summed E-state index contributed by atoms with van der Waals surface area (Å²) in [5.74, 6) is -0.0805. The lowest BCUT2D eigenvalue weighted by atomic mass is 10.2. The number of para-hydroxylation sites is 1. The fourth-order valence-electron chi connectivity index (χ4n) is 2.24. The third-order valence-corrected chi connectivity index (χ3v) is 5.28. The number of hydrogen-bond acceptors (Lipinski definition) is 5. The molecule has 0 aliphatic heterocycles. The van der Waals surface area contributed by atoms with Crippen LogP contribution in [-0.4, -0.2) is 25.7 Å². The highest BCUT2D eigenvalue weighted by atomic mass is 35.5. The van der Waals surface area contributed by atoms with Crippen LogP contribution in [0, 0.1) is 0 Å². The van der Waals surface area contributed by atoms with E-state index in [4.69, 9.17) is 23.2 Å². The van der Waals surface area contributed by atoms with Gasteiger partial charge in [0.05, 0.1) is 26.2 Å². The zero-order chi connectivity index (χ0) is 18.8. The molecule has 2 heterocycles. The topological polar surface area (TPSA) is 76.9 Å². The number of benzene rings is 1. The van der Waals surface area contributed by atoms with Crippen molar-refractivity contribution in [2.24, 2.45) is 7.05 Å². The Morgan fingerprint density at radius 2 is 2.04 bits per heavy atom. The van der Waals surface area contributed by atoms with Crippen molar-refractivity contribution in [3.8, 4) is 0 Å². The normalized spacial score (nSPS) is 12.2. The van der Waals surface area contributed by atoms with Gasteiger partial charge >= 0.3 is 0 Å². The number of anilines is 1. The minimum atomic E-state index is -0.525. The van der Waals surface area contributed by atoms with Crippen LogP contribution in [0.1, 0.15) is 6.92 Å². The number of halogens is 2. The summed E-state index contributed by atoms with van der Waals surface area (Å²) >= 11 is 13.0. The van der Waals surface area contributed by atoms with Crippen molar-refractivity contribution in [3.05, 3.63) is 56.9 Å². The second-order valence-corrected chi connectivity index (χ2v) is 7.66. The number of thioether (sulfide) groups is 1. The highest BCUT2D eigenvalue weighted by molar-refractivity contribution is 8.00. The van der Waals surface area contributed by atoms with Gasteiger partial charge in [-0.05, 0) is 25.1 Å². The minimum absolute atomic E-state index is 0.159. The van der Waals surface area contributed by atoms with Crippen LogP contribution >= 0.6 is 35.0 Å². The van der Waals surface area contributed by atoms with E-state index in [0.717, 1.165) is 0 Å². The number of carbonyl (C=O) groups excluding carboxylic acids is 1. The van der Waals surface area contributed by atoms with Gasteiger partial charge in [-0.3, -0.25) is 14.2 Å². The van der Waals surface area contributed by atoms with Crippen LogP contribution in [0.5, 0.6) is 0 Å². The van der Waals surface area contributed by atoms with Gasteiger partial charge in [-0.15, -0.1) is 0 Å². The SMILES string of the molecule is CC(Sc1nc2ccccc2c(=O)n1C)C(=O)Nc1ncc(Cl)cc1Cl. The van der Waals surface area contributed by atoms with Gasteiger partial charge in [0, 0.05) is 13.2 Å². The first-order valence-corrected chi connectivity index (χ1v) is 9.24. The molecule has 0 saturated carbocycles. The van der Waals surface area contributed by atoms with Crippen molar-refractivity contribution in [1.29, 1.82) is 0 Å². The highest BCUT2D eigenvalue weighted by Crippen LogP contribution is 2.26. The summed E-state index contributed by atoms with van der Waals surface area (Å²) in [5.41, 5.74) is 0.432. The molecule has 1 amide bonds. The van der Waals surface area contributed by atoms with Crippen LogP contribution in [0.15, 0.2) is 46.5 Å². The highest BCUT2D eigenvalue weighted by Gasteiger charge is 2.19. The van der Waals surface area contributed by atoms with Crippen LogP contribution in [0.2, 0.25) is 10.0 Å². The summed E-state index contributed by atoms with van der Waals surface area (Å²) in [5, 5.41) is 3.74. The number of aromatic nitrogens is 3. The molecule has 6 nitrogen and oxygen atoms in total. The molecule has 0 aliphatic carbocycles. The maximum Gasteiger partial charge on any atom is 0.261 e. The third kappa shape index (κ3) is 3.85. The molecule has 2 aromatic heterocycles. The number of pyridine rings is 1. The van der Waals surface area contributed by atoms with E-state index >= 15 is 0 Å². The number of rotatable bonds is 4. The Morgan fingerprint density at radius 1 is 1.31 bits per heavy atom. The standard InChI is InChI=1S/C17H14Cl2N4O2S/c1-9(15(24)22-14-12(19)7-10(18)8-20-14)26-17-21-13-6-4-3-5-11(13)16(25)23(17)2/h3-9H,1-2H3,(H,20,22,24). The van der Waals surface area contributed by atoms with Crippen LogP contribution < -0.4 is 10.9 Å². The van der Waals surface area contributed by atoms with Gasteiger partial charge in [0.2, 0.25) is 5.91 Å². The molecule has 0 spiro atoms. The molecule has 0 radical (unpaired) electrons. The molecule has 1 N–H and O–H groups in total. The Hall–Kier alpha value is -2.09. The largest absolute Gasteiger partial charge is 0.308 e. The number of hydrogen-bond donors (Lipinski definition) is 1. The predicted molar refractivity (Wildman–Crippen MR) is 105 cm³/mol. The monoisotopic (exact) mass is 408 g/mol. The van der Waals surface area contributed by atoms with E-state index in [1.165, 1.54) is 28.6 Å². The zero-order valence-electron chi connectivity index (χ0n) is 13.9. The second kappa shape index (κ2) is 7.65. The molecule has 1 atom stereocenters. The van der Waals surface area contributed by atoms with Crippen molar-refractivity contribution in [3.63, 3.8) is 0 Å². The molecule has 0 fully saturated rings. The van der Waals surface area contributed by atoms with E-state index in [-0.39, 0.29) is 22.3 Å². The van der Waals surface area contributed by atoms with E-state index < -0.39 is 5.25 Å². The van der Waals surface area contributed by atoms with Crippen LogP contribution in [0.25, 0.3) is 10.9 Å². The zero-order valence-corrected chi connectivity index (χ0v) is 16.2. The Bertz CT molecular complexity index is 1050. The van der Waals surface area contributed by atoms with Crippen molar-refractivity contribution in [2.75, 3.05) is 5.32 Å². The molecule has 1 unspecified atom stereocenters. The first-order valence-electron chi connectivity index (χ1n) is 7.61. The van der Waals surface area contributed by atoms with Gasteiger partial charge in [0.25, 0.3) is 5.56 Å². The van der Waals surface area contributed by atoms with E-state index in [1.54, 1.807) is 32.2 Å². The van der Waals surface area contributed by atoms with Gasteiger partial charge in [-0.2, -0.15) is 0 Å². The summed E-state index contributed by atoms with van der Waals surface area (Å²) in [6.45, 7) is 1.71. The molecule has 9 heteroatoms. The van der Waals surface area contributed by atoms with Crippen molar-refractivity contribution in [1.82, 2.24) is 14.5 Å². The predicted octanol–water partition coefficient (Wildman–Crippen LogP) is 3.75. The molecular weight excluding hydrogens is 395 g/mol. The average molecular weight is 409 g/mol. The maximum absolute atomic E-state index is 12.4. The van der Waals surface area contributed by atoms with Crippen LogP contribution in [0.4, 0.5) is 5.82 Å². The van der Waals surface area contributed by atoms with E-state index in [9.17, 15) is 9.59 Å². The first kappa shape index (κ1) is 18.7. The van der Waals surface area contributed by atoms with Gasteiger partial charge in [-0.25, -0.2) is 9.97 Å². The number of carbonyl (C=O) groups is 1. The third-order valence-electron chi connectivity index (χ3n) is 3.64. The molecule has 0 bridgehead atoms. The molecule has 0 saturated heterocycles. The average Bonchev–Trinajstić information content (AvgIpc) is 2.61. The Labute approximate surface area is 163 Å². The molecular formula is C17H14Cl2N4O2S. The van der Waals surface area contributed by atoms with E-state index in [1.807, 2.05) is 6.07 Å². The van der Waals surface area contributed by atoms with E-state index in [0.29, 0.717) is 21.1 Å². The molecule has 26 heavy (non-hydrogen) atoms. The van der Waals surface area contributed by atoms with E-state index in [2.05, 4.69) is 15.3 Å². The summed E-state index contributed by atoms with van der Waals surface area (Å²) in [6.07, 6.45) is 1.40. The Balaban J connectivity index is 1.82. The smallest absolute Gasteiger partial charge is 0.261 e. The van der Waals surface area contributed by atoms with Crippen LogP contribution in [-0.2, 0) is 11.8 Å². The van der Waals surface area contributed by atoms with Gasteiger partial charge in [0.15, 0.2) is 11.0 Å². The minimum Gasteiger partial charge on any atom is -0.308 e. The molecule has 1 aromatic carbocycles. The van der Waals surface area contributed by atoms with Crippen molar-refractivity contribution >= 4 is 57.6 Å². The number of nitrogens with zero attached hydrogens (tertiary/aromatic N) is 3. The fraction of sp³-hybridized carbons (Fsp3) is 0.176. The van der Waals surface area contributed by atoms with Crippen molar-refractivity contribution < 1.29 is 4.79 Å². The molecule has 3 aromatic rings. The number of nitrogens with one attached hydrogen (secondary N) is 1. The Morgan fingerprint density at radius 3 is 2.77 bits per heavy atom. The number of fused-ring (bicyclic) bond motifs is 1. The fourth-order valence-corrected chi connectivity index (χ4v) is 3.54. The number of amides is 1. The lowest BCUT2D eigenvalue weighted by molar-refractivity contribution is -0.115. The molecule has 134 valence electrons. The van der Waals surface area contributed by atoms with Crippen molar-refractivity contribution in [2.45, 2.75) is 17.3 Å². The second-order valence-electron chi connectivity index (χ2n) is 5.51. The molecule has 3 rings (SSSR count). The van der Waals surface area contributed by atoms with Crippen LogP contribution in [0.3, 0.4) is 0 Å². The van der Waals surface area contributed by atoms with Gasteiger partial charge < -0.3 is 5.32 Å². The van der Waals surface area contributed by atoms with Gasteiger partial charge in [-0.1, -0.05) is 47.1 Å². The summed E-state index contributed by atoms with van der Waals surface area (Å²) in [6, 6.07) is 8.59. The van der Waals surface area contributed by atoms with Gasteiger partial charge in [0.1, 0.15) is 0 Å². The Kier molecular flexibility index (Phi) is 5.50.